The van der Waals surface area contributed by atoms with Crippen LogP contribution in [0.4, 0.5) is 0 Å². The third-order valence-electron chi connectivity index (χ3n) is 4.26. The van der Waals surface area contributed by atoms with Gasteiger partial charge in [-0.2, -0.15) is 0 Å². The van der Waals surface area contributed by atoms with Crippen molar-refractivity contribution in [1.29, 1.82) is 0 Å². The minimum atomic E-state index is 0.602. The monoisotopic (exact) mass is 385 g/mol. The smallest absolute Gasteiger partial charge is 0.194 e. The van der Waals surface area contributed by atoms with Crippen molar-refractivity contribution in [3.05, 3.63) is 77.2 Å². The first kappa shape index (κ1) is 19.0. The van der Waals surface area contributed by atoms with Crippen molar-refractivity contribution >= 4 is 17.6 Å². The number of hydrogen-bond donors (Lipinski definition) is 1. The fourth-order valence-corrected chi connectivity index (χ4v) is 2.82. The van der Waals surface area contributed by atoms with E-state index in [9.17, 15) is 0 Å². The Hall–Kier alpha value is -2.73. The summed E-state index contributed by atoms with van der Waals surface area (Å²) in [4.78, 5) is 11.2. The van der Waals surface area contributed by atoms with E-state index in [4.69, 9.17) is 21.0 Å². The Kier molecular flexibility index (Phi) is 6.54. The molecule has 0 amide bonds. The molecule has 6 nitrogen and oxygen atoms in total. The first-order valence-corrected chi connectivity index (χ1v) is 9.23. The largest absolute Gasteiger partial charge is 0.469 e. The Morgan fingerprint density at radius 2 is 2.07 bits per heavy atom. The minimum absolute atomic E-state index is 0.602. The molecule has 0 saturated carbocycles. The Morgan fingerprint density at radius 1 is 1.26 bits per heavy atom. The molecule has 3 aromatic rings. The first-order chi connectivity index (χ1) is 13.1. The second kappa shape index (κ2) is 9.28. The predicted octanol–water partition coefficient (Wildman–Crippen LogP) is 3.49. The van der Waals surface area contributed by atoms with Crippen molar-refractivity contribution in [2.45, 2.75) is 19.5 Å². The molecule has 0 aliphatic heterocycles. The van der Waals surface area contributed by atoms with Crippen LogP contribution in [0.15, 0.2) is 64.3 Å². The van der Waals surface area contributed by atoms with Gasteiger partial charge in [0.1, 0.15) is 16.7 Å². The van der Waals surface area contributed by atoms with Gasteiger partial charge in [0.15, 0.2) is 5.96 Å². The van der Waals surface area contributed by atoms with E-state index in [0.717, 1.165) is 36.1 Å². The van der Waals surface area contributed by atoms with Crippen molar-refractivity contribution in [3.63, 3.8) is 0 Å². The second-order valence-corrected chi connectivity index (χ2v) is 6.68. The number of benzene rings is 1. The van der Waals surface area contributed by atoms with Gasteiger partial charge in [0, 0.05) is 27.1 Å². The Labute approximate surface area is 164 Å². The van der Waals surface area contributed by atoms with E-state index in [2.05, 4.69) is 22.4 Å². The zero-order valence-corrected chi connectivity index (χ0v) is 16.4. The zero-order valence-electron chi connectivity index (χ0n) is 15.6. The Balaban J connectivity index is 1.68. The first-order valence-electron chi connectivity index (χ1n) is 8.85. The van der Waals surface area contributed by atoms with Crippen molar-refractivity contribution < 1.29 is 4.42 Å². The summed E-state index contributed by atoms with van der Waals surface area (Å²) in [5.41, 5.74) is 1.16. The fourth-order valence-electron chi connectivity index (χ4n) is 2.67. The maximum Gasteiger partial charge on any atom is 0.194 e. The molecule has 0 radical (unpaired) electrons. The molecule has 2 aromatic heterocycles. The molecule has 0 fully saturated rings. The molecule has 0 aliphatic carbocycles. The molecule has 0 bridgehead atoms. The molecule has 0 atom stereocenters. The van der Waals surface area contributed by atoms with Crippen LogP contribution in [0.2, 0.25) is 5.15 Å². The van der Waals surface area contributed by atoms with Gasteiger partial charge < -0.3 is 19.2 Å². The van der Waals surface area contributed by atoms with E-state index in [1.807, 2.05) is 53.9 Å². The van der Waals surface area contributed by atoms with Gasteiger partial charge in [0.25, 0.3) is 0 Å². The summed E-state index contributed by atoms with van der Waals surface area (Å²) in [5, 5.41) is 4.04. The van der Waals surface area contributed by atoms with Gasteiger partial charge in [0.2, 0.25) is 0 Å². The van der Waals surface area contributed by atoms with Crippen molar-refractivity contribution in [1.82, 2.24) is 19.8 Å². The zero-order chi connectivity index (χ0) is 19.1. The van der Waals surface area contributed by atoms with Gasteiger partial charge in [-0.05, 0) is 17.7 Å². The lowest BCUT2D eigenvalue weighted by atomic mass is 10.2. The van der Waals surface area contributed by atoms with Crippen LogP contribution in [0.3, 0.4) is 0 Å². The van der Waals surface area contributed by atoms with Gasteiger partial charge >= 0.3 is 0 Å². The highest BCUT2D eigenvalue weighted by Gasteiger charge is 2.12. The molecule has 0 spiro atoms. The number of nitrogens with one attached hydrogen (secondary N) is 1. The van der Waals surface area contributed by atoms with Crippen LogP contribution in [0.1, 0.15) is 17.1 Å². The number of halogens is 1. The van der Waals surface area contributed by atoms with Crippen molar-refractivity contribution in [3.8, 4) is 0 Å². The highest BCUT2D eigenvalue weighted by atomic mass is 35.5. The van der Waals surface area contributed by atoms with E-state index in [-0.39, 0.29) is 0 Å². The molecule has 0 saturated heterocycles. The van der Waals surface area contributed by atoms with Gasteiger partial charge in [-0.3, -0.25) is 0 Å². The predicted molar refractivity (Wildman–Crippen MR) is 108 cm³/mol. The van der Waals surface area contributed by atoms with Crippen LogP contribution in [-0.4, -0.2) is 34.0 Å². The average Bonchev–Trinajstić information content (AvgIpc) is 3.31. The molecule has 1 N–H and O–H groups in total. The van der Waals surface area contributed by atoms with E-state index < -0.39 is 0 Å². The molecule has 142 valence electrons. The van der Waals surface area contributed by atoms with Crippen molar-refractivity contribution in [2.24, 2.45) is 12.0 Å². The summed E-state index contributed by atoms with van der Waals surface area (Å²) in [5.74, 6) is 2.63. The molecule has 3 rings (SSSR count). The molecule has 2 heterocycles. The number of nitrogens with zero attached hydrogens (tertiary/aromatic N) is 4. The second-order valence-electron chi connectivity index (χ2n) is 6.29. The third kappa shape index (κ3) is 5.37. The third-order valence-corrected chi connectivity index (χ3v) is 4.61. The van der Waals surface area contributed by atoms with Gasteiger partial charge in [-0.25, -0.2) is 9.98 Å². The summed E-state index contributed by atoms with van der Waals surface area (Å²) < 4.78 is 7.27. The van der Waals surface area contributed by atoms with Crippen LogP contribution in [-0.2, 0) is 26.6 Å². The molecule has 0 aliphatic rings. The lowest BCUT2D eigenvalue weighted by molar-refractivity contribution is 0.448. The van der Waals surface area contributed by atoms with E-state index >= 15 is 0 Å². The number of rotatable bonds is 7. The van der Waals surface area contributed by atoms with Gasteiger partial charge in [-0.1, -0.05) is 41.9 Å². The van der Waals surface area contributed by atoms with Crippen LogP contribution < -0.4 is 5.32 Å². The molecular weight excluding hydrogens is 362 g/mol. The Bertz CT molecular complexity index is 858. The summed E-state index contributed by atoms with van der Waals surface area (Å²) in [6, 6.07) is 14.1. The maximum atomic E-state index is 6.10. The SMILES string of the molecule is CN(Cc1ncc(Cl)n1C)C(=NCc1ccccc1)NCCc1ccco1. The quantitative estimate of drug-likeness (QED) is 0.499. The summed E-state index contributed by atoms with van der Waals surface area (Å²) in [7, 11) is 3.90. The number of hydrogen-bond acceptors (Lipinski definition) is 3. The molecule has 27 heavy (non-hydrogen) atoms. The molecular formula is C20H24ClN5O. The number of furan rings is 1. The highest BCUT2D eigenvalue weighted by molar-refractivity contribution is 6.29. The van der Waals surface area contributed by atoms with Crippen molar-refractivity contribution in [2.75, 3.05) is 13.6 Å². The fraction of sp³-hybridized carbons (Fsp3) is 0.300. The van der Waals surface area contributed by atoms with Crippen LogP contribution in [0, 0.1) is 0 Å². The standard InChI is InChI=1S/C20H24ClN5O/c1-25(15-19-23-14-18(21)26(19)2)20(22-11-10-17-9-6-12-27-17)24-13-16-7-4-3-5-8-16/h3-9,12,14H,10-11,13,15H2,1-2H3,(H,22,24). The highest BCUT2D eigenvalue weighted by Crippen LogP contribution is 2.11. The number of guanidine groups is 1. The van der Waals surface area contributed by atoms with Gasteiger partial charge in [0.05, 0.1) is 25.5 Å². The maximum absolute atomic E-state index is 6.10. The number of imidazole rings is 1. The normalized spacial score (nSPS) is 11.6. The topological polar surface area (TPSA) is 58.6 Å². The molecule has 1 aromatic carbocycles. The van der Waals surface area contributed by atoms with E-state index in [0.29, 0.717) is 18.2 Å². The lowest BCUT2D eigenvalue weighted by Gasteiger charge is -2.22. The molecule has 0 unspecified atom stereocenters. The summed E-state index contributed by atoms with van der Waals surface area (Å²) >= 11 is 6.10. The molecule has 7 heteroatoms. The number of aromatic nitrogens is 2. The van der Waals surface area contributed by atoms with Crippen LogP contribution >= 0.6 is 11.6 Å². The minimum Gasteiger partial charge on any atom is -0.469 e. The van der Waals surface area contributed by atoms with E-state index in [1.165, 1.54) is 0 Å². The van der Waals surface area contributed by atoms with Crippen LogP contribution in [0.25, 0.3) is 0 Å². The lowest BCUT2D eigenvalue weighted by Crippen LogP contribution is -2.40. The van der Waals surface area contributed by atoms with E-state index in [1.54, 1.807) is 12.5 Å². The average molecular weight is 386 g/mol. The van der Waals surface area contributed by atoms with Crippen LogP contribution in [0.5, 0.6) is 0 Å². The Morgan fingerprint density at radius 3 is 2.74 bits per heavy atom. The van der Waals surface area contributed by atoms with Gasteiger partial charge in [-0.15, -0.1) is 0 Å². The summed E-state index contributed by atoms with van der Waals surface area (Å²) in [6.07, 6.45) is 4.14. The number of aliphatic imine (C=N–C) groups is 1. The summed E-state index contributed by atoms with van der Waals surface area (Å²) in [6.45, 7) is 1.94.